The van der Waals surface area contributed by atoms with Crippen LogP contribution in [0.2, 0.25) is 0 Å². The minimum Gasteiger partial charge on any atom is -0.392 e. The molecule has 0 aromatic rings. The van der Waals surface area contributed by atoms with Crippen LogP contribution in [-0.2, 0) is 0 Å². The molecule has 2 fully saturated rings. The number of aliphatic hydroxyl groups excluding tert-OH is 1. The molecule has 3 heteroatoms. The van der Waals surface area contributed by atoms with E-state index in [1.807, 2.05) is 11.8 Å². The third-order valence-electron chi connectivity index (χ3n) is 3.08. The van der Waals surface area contributed by atoms with Crippen LogP contribution >= 0.6 is 11.8 Å². The minimum atomic E-state index is -0.0215. The Hall–Kier alpha value is 0.270. The van der Waals surface area contributed by atoms with Gasteiger partial charge < -0.3 is 10.4 Å². The molecular formula is C10H19NOS. The topological polar surface area (TPSA) is 32.3 Å². The summed E-state index contributed by atoms with van der Waals surface area (Å²) in [4.78, 5) is 0. The zero-order valence-electron chi connectivity index (χ0n) is 8.04. The molecule has 0 spiro atoms. The first-order chi connectivity index (χ1) is 6.36. The Balaban J connectivity index is 1.66. The first-order valence-corrected chi connectivity index (χ1v) is 6.41. The zero-order valence-corrected chi connectivity index (χ0v) is 8.85. The van der Waals surface area contributed by atoms with Crippen molar-refractivity contribution in [3.63, 3.8) is 0 Å². The maximum absolute atomic E-state index is 9.74. The van der Waals surface area contributed by atoms with Gasteiger partial charge in [-0.2, -0.15) is 11.8 Å². The van der Waals surface area contributed by atoms with Crippen LogP contribution in [-0.4, -0.2) is 35.3 Å². The predicted octanol–water partition coefficient (Wildman–Crippen LogP) is 1.24. The van der Waals surface area contributed by atoms with Gasteiger partial charge in [0.25, 0.3) is 0 Å². The third kappa shape index (κ3) is 2.61. The highest BCUT2D eigenvalue weighted by molar-refractivity contribution is 7.99. The number of rotatable bonds is 3. The third-order valence-corrected chi connectivity index (χ3v) is 4.72. The lowest BCUT2D eigenvalue weighted by atomic mass is 9.97. The Morgan fingerprint density at radius 2 is 2.00 bits per heavy atom. The Morgan fingerprint density at radius 3 is 2.62 bits per heavy atom. The molecule has 76 valence electrons. The molecule has 1 aliphatic heterocycles. The number of hydrogen-bond donors (Lipinski definition) is 2. The summed E-state index contributed by atoms with van der Waals surface area (Å²) < 4.78 is 0. The van der Waals surface area contributed by atoms with Gasteiger partial charge in [-0.25, -0.2) is 0 Å². The van der Waals surface area contributed by atoms with Crippen LogP contribution in [0, 0.1) is 5.92 Å². The highest BCUT2D eigenvalue weighted by atomic mass is 32.2. The molecular weight excluding hydrogens is 182 g/mol. The second kappa shape index (κ2) is 4.67. The van der Waals surface area contributed by atoms with Gasteiger partial charge in [-0.05, 0) is 37.6 Å². The van der Waals surface area contributed by atoms with Gasteiger partial charge in [0, 0.05) is 5.25 Å². The van der Waals surface area contributed by atoms with Gasteiger partial charge in [-0.15, -0.1) is 0 Å². The van der Waals surface area contributed by atoms with Crippen molar-refractivity contribution in [2.75, 3.05) is 18.8 Å². The summed E-state index contributed by atoms with van der Waals surface area (Å²) in [7, 11) is 0. The lowest BCUT2D eigenvalue weighted by Gasteiger charge is -2.31. The van der Waals surface area contributed by atoms with Gasteiger partial charge in [-0.3, -0.25) is 0 Å². The molecule has 0 bridgehead atoms. The largest absolute Gasteiger partial charge is 0.392 e. The smallest absolute Gasteiger partial charge is 0.0658 e. The van der Waals surface area contributed by atoms with Gasteiger partial charge in [0.05, 0.1) is 6.10 Å². The molecule has 1 saturated heterocycles. The summed E-state index contributed by atoms with van der Waals surface area (Å²) in [6.07, 6.45) is 4.78. The Morgan fingerprint density at radius 1 is 1.23 bits per heavy atom. The van der Waals surface area contributed by atoms with E-state index in [1.165, 1.54) is 38.1 Å². The van der Waals surface area contributed by atoms with E-state index in [4.69, 9.17) is 0 Å². The molecule has 2 atom stereocenters. The summed E-state index contributed by atoms with van der Waals surface area (Å²) in [5, 5.41) is 13.6. The van der Waals surface area contributed by atoms with Crippen molar-refractivity contribution in [1.82, 2.24) is 5.32 Å². The fourth-order valence-corrected chi connectivity index (χ4v) is 3.44. The molecule has 1 heterocycles. The first-order valence-electron chi connectivity index (χ1n) is 5.36. The lowest BCUT2D eigenvalue weighted by molar-refractivity contribution is 0.137. The van der Waals surface area contributed by atoms with Crippen LogP contribution in [0.4, 0.5) is 0 Å². The first kappa shape index (κ1) is 9.81. The number of aliphatic hydroxyl groups is 1. The standard InChI is InChI=1S/C10H19NOS/c12-9-3-1-2-4-10(9)13-7-8-5-11-6-8/h8-12H,1-7H2. The molecule has 1 saturated carbocycles. The number of thioether (sulfide) groups is 1. The monoisotopic (exact) mass is 201 g/mol. The SMILES string of the molecule is OC1CCCCC1SCC1CNC1. The maximum atomic E-state index is 9.74. The predicted molar refractivity (Wildman–Crippen MR) is 57.1 cm³/mol. The average molecular weight is 201 g/mol. The summed E-state index contributed by atoms with van der Waals surface area (Å²) in [5.74, 6) is 2.12. The molecule has 0 radical (unpaired) electrons. The van der Waals surface area contributed by atoms with E-state index in [0.29, 0.717) is 5.25 Å². The van der Waals surface area contributed by atoms with Crippen molar-refractivity contribution in [2.24, 2.45) is 5.92 Å². The average Bonchev–Trinajstić information content (AvgIpc) is 2.05. The summed E-state index contributed by atoms with van der Waals surface area (Å²) >= 11 is 2.00. The van der Waals surface area contributed by atoms with E-state index >= 15 is 0 Å². The Labute approximate surface area is 84.5 Å². The van der Waals surface area contributed by atoms with Crippen molar-refractivity contribution in [3.8, 4) is 0 Å². The van der Waals surface area contributed by atoms with E-state index in [0.717, 1.165) is 12.3 Å². The highest BCUT2D eigenvalue weighted by Crippen LogP contribution is 2.30. The van der Waals surface area contributed by atoms with Crippen molar-refractivity contribution in [1.29, 1.82) is 0 Å². The zero-order chi connectivity index (χ0) is 9.10. The summed E-state index contributed by atoms with van der Waals surface area (Å²) in [6, 6.07) is 0. The van der Waals surface area contributed by atoms with Gasteiger partial charge in [0.15, 0.2) is 0 Å². The molecule has 13 heavy (non-hydrogen) atoms. The molecule has 0 aromatic carbocycles. The van der Waals surface area contributed by atoms with Crippen molar-refractivity contribution in [3.05, 3.63) is 0 Å². The van der Waals surface area contributed by atoms with E-state index in [-0.39, 0.29) is 6.10 Å². The van der Waals surface area contributed by atoms with Crippen molar-refractivity contribution in [2.45, 2.75) is 37.0 Å². The molecule has 2 N–H and O–H groups in total. The van der Waals surface area contributed by atoms with Crippen LogP contribution in [0.25, 0.3) is 0 Å². The van der Waals surface area contributed by atoms with Gasteiger partial charge in [0.1, 0.15) is 0 Å². The van der Waals surface area contributed by atoms with Crippen LogP contribution < -0.4 is 5.32 Å². The Kier molecular flexibility index (Phi) is 3.52. The Bertz CT molecular complexity index is 161. The maximum Gasteiger partial charge on any atom is 0.0658 e. The second-order valence-electron chi connectivity index (χ2n) is 4.25. The lowest BCUT2D eigenvalue weighted by Crippen LogP contribution is -2.44. The van der Waals surface area contributed by atoms with Gasteiger partial charge in [-0.1, -0.05) is 12.8 Å². The summed E-state index contributed by atoms with van der Waals surface area (Å²) in [5.41, 5.74) is 0. The van der Waals surface area contributed by atoms with Crippen LogP contribution in [0.3, 0.4) is 0 Å². The van der Waals surface area contributed by atoms with E-state index in [9.17, 15) is 5.11 Å². The normalized spacial score (nSPS) is 35.8. The van der Waals surface area contributed by atoms with Crippen LogP contribution in [0.1, 0.15) is 25.7 Å². The highest BCUT2D eigenvalue weighted by Gasteiger charge is 2.25. The van der Waals surface area contributed by atoms with Crippen molar-refractivity contribution >= 4 is 11.8 Å². The van der Waals surface area contributed by atoms with Crippen molar-refractivity contribution < 1.29 is 5.11 Å². The number of hydrogen-bond acceptors (Lipinski definition) is 3. The fraction of sp³-hybridized carbons (Fsp3) is 1.00. The van der Waals surface area contributed by atoms with Crippen LogP contribution in [0.15, 0.2) is 0 Å². The molecule has 2 unspecified atom stereocenters. The van der Waals surface area contributed by atoms with E-state index in [1.54, 1.807) is 0 Å². The second-order valence-corrected chi connectivity index (χ2v) is 5.52. The molecule has 1 aliphatic carbocycles. The molecule has 2 nitrogen and oxygen atoms in total. The fourth-order valence-electron chi connectivity index (χ4n) is 2.00. The van der Waals surface area contributed by atoms with E-state index in [2.05, 4.69) is 5.32 Å². The molecule has 0 aromatic heterocycles. The molecule has 2 aliphatic rings. The molecule has 2 rings (SSSR count). The minimum absolute atomic E-state index is 0.0215. The quantitative estimate of drug-likeness (QED) is 0.720. The van der Waals surface area contributed by atoms with Gasteiger partial charge in [0.2, 0.25) is 0 Å². The van der Waals surface area contributed by atoms with E-state index < -0.39 is 0 Å². The van der Waals surface area contributed by atoms with Gasteiger partial charge >= 0.3 is 0 Å². The number of nitrogens with one attached hydrogen (secondary N) is 1. The summed E-state index contributed by atoms with van der Waals surface area (Å²) in [6.45, 7) is 2.38. The van der Waals surface area contributed by atoms with Crippen LogP contribution in [0.5, 0.6) is 0 Å². The molecule has 0 amide bonds.